The Balaban J connectivity index is 1.86. The summed E-state index contributed by atoms with van der Waals surface area (Å²) in [4.78, 5) is 13.0. The Morgan fingerprint density at radius 3 is 2.60 bits per heavy atom. The fourth-order valence-corrected chi connectivity index (χ4v) is 2.79. The molecule has 1 amide bonds. The van der Waals surface area contributed by atoms with E-state index in [4.69, 9.17) is 4.74 Å². The molecule has 106 valence electrons. The number of hydrogen-bond donors (Lipinski definition) is 1. The molecular weight excluding hydrogens is 270 g/mol. The first-order valence-corrected chi connectivity index (χ1v) is 7.46. The van der Waals surface area contributed by atoms with E-state index in [0.29, 0.717) is 0 Å². The standard InChI is InChI=1S/C16H19NO2S/c1-11-7-12(2)9-14(8-11)19-10-16(18)17-13(3)15-5-4-6-20-15/h4-9,13H,10H2,1-3H3,(H,17,18). The average molecular weight is 289 g/mol. The van der Waals surface area contributed by atoms with Crippen LogP contribution < -0.4 is 10.1 Å². The van der Waals surface area contributed by atoms with Gasteiger partial charge in [-0.05, 0) is 55.5 Å². The first-order chi connectivity index (χ1) is 9.54. The van der Waals surface area contributed by atoms with E-state index in [9.17, 15) is 4.79 Å². The van der Waals surface area contributed by atoms with Gasteiger partial charge in [0.1, 0.15) is 5.75 Å². The van der Waals surface area contributed by atoms with Crippen molar-refractivity contribution >= 4 is 17.2 Å². The second-order valence-corrected chi connectivity index (χ2v) is 5.90. The first kappa shape index (κ1) is 14.6. The molecule has 0 aliphatic carbocycles. The molecule has 0 aliphatic heterocycles. The van der Waals surface area contributed by atoms with Gasteiger partial charge in [0.25, 0.3) is 5.91 Å². The van der Waals surface area contributed by atoms with Crippen molar-refractivity contribution in [2.45, 2.75) is 26.8 Å². The van der Waals surface area contributed by atoms with Crippen molar-refractivity contribution in [1.82, 2.24) is 5.32 Å². The maximum Gasteiger partial charge on any atom is 0.258 e. The third-order valence-electron chi connectivity index (χ3n) is 2.91. The van der Waals surface area contributed by atoms with E-state index in [1.54, 1.807) is 11.3 Å². The van der Waals surface area contributed by atoms with E-state index in [1.807, 2.05) is 50.4 Å². The summed E-state index contributed by atoms with van der Waals surface area (Å²) in [7, 11) is 0. The molecule has 2 rings (SSSR count). The molecule has 3 nitrogen and oxygen atoms in total. The number of thiophene rings is 1. The Hall–Kier alpha value is -1.81. The van der Waals surface area contributed by atoms with Crippen LogP contribution in [0, 0.1) is 13.8 Å². The summed E-state index contributed by atoms with van der Waals surface area (Å²) in [6.45, 7) is 6.04. The number of hydrogen-bond acceptors (Lipinski definition) is 3. The van der Waals surface area contributed by atoms with Gasteiger partial charge in [-0.3, -0.25) is 4.79 Å². The summed E-state index contributed by atoms with van der Waals surface area (Å²) in [6, 6.07) is 9.96. The van der Waals surface area contributed by atoms with E-state index in [-0.39, 0.29) is 18.6 Å². The van der Waals surface area contributed by atoms with Crippen molar-refractivity contribution in [3.8, 4) is 5.75 Å². The highest BCUT2D eigenvalue weighted by Crippen LogP contribution is 2.18. The number of amides is 1. The van der Waals surface area contributed by atoms with Gasteiger partial charge in [-0.1, -0.05) is 12.1 Å². The maximum absolute atomic E-state index is 11.9. The fraction of sp³-hybridized carbons (Fsp3) is 0.312. The van der Waals surface area contributed by atoms with Crippen LogP contribution in [0.15, 0.2) is 35.7 Å². The summed E-state index contributed by atoms with van der Waals surface area (Å²) in [5.41, 5.74) is 2.26. The number of rotatable bonds is 5. The Bertz CT molecular complexity index is 558. The fourth-order valence-electron chi connectivity index (χ4n) is 2.06. The van der Waals surface area contributed by atoms with Crippen LogP contribution in [0.25, 0.3) is 0 Å². The summed E-state index contributed by atoms with van der Waals surface area (Å²) < 4.78 is 5.54. The highest BCUT2D eigenvalue weighted by Gasteiger charge is 2.10. The number of carbonyl (C=O) groups is 1. The van der Waals surface area contributed by atoms with Gasteiger partial charge in [-0.15, -0.1) is 11.3 Å². The topological polar surface area (TPSA) is 38.3 Å². The highest BCUT2D eigenvalue weighted by molar-refractivity contribution is 7.10. The second kappa shape index (κ2) is 6.57. The lowest BCUT2D eigenvalue weighted by molar-refractivity contribution is -0.123. The van der Waals surface area contributed by atoms with Gasteiger partial charge in [0.05, 0.1) is 6.04 Å². The number of nitrogens with one attached hydrogen (secondary N) is 1. The average Bonchev–Trinajstić information content (AvgIpc) is 2.89. The molecule has 1 N–H and O–H groups in total. The lowest BCUT2D eigenvalue weighted by Gasteiger charge is -2.13. The summed E-state index contributed by atoms with van der Waals surface area (Å²) in [6.07, 6.45) is 0. The number of carbonyl (C=O) groups excluding carboxylic acids is 1. The molecule has 0 radical (unpaired) electrons. The minimum absolute atomic E-state index is 0.0188. The zero-order valence-electron chi connectivity index (χ0n) is 12.0. The van der Waals surface area contributed by atoms with Crippen molar-refractivity contribution in [1.29, 1.82) is 0 Å². The molecule has 4 heteroatoms. The molecule has 1 atom stereocenters. The molecule has 0 saturated carbocycles. The summed E-state index contributed by atoms with van der Waals surface area (Å²) in [5.74, 6) is 0.631. The Labute approximate surface area is 123 Å². The number of benzene rings is 1. The molecule has 2 aromatic rings. The van der Waals surface area contributed by atoms with Crippen LogP contribution in [-0.2, 0) is 4.79 Å². The number of ether oxygens (including phenoxy) is 1. The lowest BCUT2D eigenvalue weighted by atomic mass is 10.1. The van der Waals surface area contributed by atoms with E-state index in [2.05, 4.69) is 11.4 Å². The predicted molar refractivity (Wildman–Crippen MR) is 82.3 cm³/mol. The molecule has 1 aromatic carbocycles. The number of aryl methyl sites for hydroxylation is 2. The quantitative estimate of drug-likeness (QED) is 0.913. The van der Waals surface area contributed by atoms with Crippen LogP contribution in [0.2, 0.25) is 0 Å². The predicted octanol–water partition coefficient (Wildman–Crippen LogP) is 3.62. The second-order valence-electron chi connectivity index (χ2n) is 4.92. The normalized spacial score (nSPS) is 11.9. The lowest BCUT2D eigenvalue weighted by Crippen LogP contribution is -2.30. The SMILES string of the molecule is Cc1cc(C)cc(OCC(=O)NC(C)c2cccs2)c1. The molecule has 20 heavy (non-hydrogen) atoms. The smallest absolute Gasteiger partial charge is 0.258 e. The van der Waals surface area contributed by atoms with Gasteiger partial charge in [-0.25, -0.2) is 0 Å². The van der Waals surface area contributed by atoms with Crippen molar-refractivity contribution < 1.29 is 9.53 Å². The molecule has 0 saturated heterocycles. The first-order valence-electron chi connectivity index (χ1n) is 6.58. The van der Waals surface area contributed by atoms with Crippen LogP contribution in [0.5, 0.6) is 5.75 Å². The Morgan fingerprint density at radius 1 is 1.30 bits per heavy atom. The van der Waals surface area contributed by atoms with Crippen LogP contribution in [0.1, 0.15) is 29.0 Å². The maximum atomic E-state index is 11.9. The molecule has 0 fully saturated rings. The van der Waals surface area contributed by atoms with Crippen molar-refractivity contribution in [3.05, 3.63) is 51.7 Å². The zero-order valence-corrected chi connectivity index (χ0v) is 12.8. The highest BCUT2D eigenvalue weighted by atomic mass is 32.1. The van der Waals surface area contributed by atoms with Crippen molar-refractivity contribution in [3.63, 3.8) is 0 Å². The summed E-state index contributed by atoms with van der Waals surface area (Å²) >= 11 is 1.64. The van der Waals surface area contributed by atoms with Crippen LogP contribution in [0.4, 0.5) is 0 Å². The van der Waals surface area contributed by atoms with Gasteiger partial charge in [0.2, 0.25) is 0 Å². The van der Waals surface area contributed by atoms with E-state index in [1.165, 1.54) is 0 Å². The zero-order chi connectivity index (χ0) is 14.5. The molecule has 0 aliphatic rings. The minimum Gasteiger partial charge on any atom is -0.484 e. The van der Waals surface area contributed by atoms with Gasteiger partial charge in [0, 0.05) is 4.88 Å². The Kier molecular flexibility index (Phi) is 4.79. The summed E-state index contributed by atoms with van der Waals surface area (Å²) in [5, 5.41) is 4.93. The molecule has 0 spiro atoms. The Morgan fingerprint density at radius 2 is 2.00 bits per heavy atom. The van der Waals surface area contributed by atoms with Gasteiger partial charge in [-0.2, -0.15) is 0 Å². The minimum atomic E-state index is -0.106. The van der Waals surface area contributed by atoms with Gasteiger partial charge >= 0.3 is 0 Å². The van der Waals surface area contributed by atoms with E-state index in [0.717, 1.165) is 21.8 Å². The van der Waals surface area contributed by atoms with E-state index < -0.39 is 0 Å². The molecule has 0 bridgehead atoms. The third-order valence-corrected chi connectivity index (χ3v) is 3.97. The van der Waals surface area contributed by atoms with Crippen LogP contribution in [-0.4, -0.2) is 12.5 Å². The molecule has 1 aromatic heterocycles. The van der Waals surface area contributed by atoms with Crippen LogP contribution in [0.3, 0.4) is 0 Å². The molecule has 1 unspecified atom stereocenters. The van der Waals surface area contributed by atoms with Crippen molar-refractivity contribution in [2.75, 3.05) is 6.61 Å². The van der Waals surface area contributed by atoms with Gasteiger partial charge in [0.15, 0.2) is 6.61 Å². The van der Waals surface area contributed by atoms with Crippen LogP contribution >= 0.6 is 11.3 Å². The molecular formula is C16H19NO2S. The van der Waals surface area contributed by atoms with E-state index >= 15 is 0 Å². The largest absolute Gasteiger partial charge is 0.484 e. The van der Waals surface area contributed by atoms with Gasteiger partial charge < -0.3 is 10.1 Å². The molecule has 1 heterocycles. The monoisotopic (exact) mass is 289 g/mol. The third kappa shape index (κ3) is 4.10. The van der Waals surface area contributed by atoms with Crippen molar-refractivity contribution in [2.24, 2.45) is 0 Å².